The van der Waals surface area contributed by atoms with Crippen LogP contribution in [0.5, 0.6) is 0 Å². The lowest BCUT2D eigenvalue weighted by molar-refractivity contribution is 0.765. The summed E-state index contributed by atoms with van der Waals surface area (Å²) in [5.74, 6) is 0.570. The minimum Gasteiger partial charge on any atom is -0.357 e. The van der Waals surface area contributed by atoms with Crippen LogP contribution in [0.4, 0.5) is 5.95 Å². The second-order valence-corrected chi connectivity index (χ2v) is 2.52. The summed E-state index contributed by atoms with van der Waals surface area (Å²) in [5.41, 5.74) is 10.7. The molecule has 5 N–H and O–H groups in total. The van der Waals surface area contributed by atoms with E-state index >= 15 is 0 Å². The van der Waals surface area contributed by atoms with Crippen molar-refractivity contribution in [2.24, 2.45) is 11.5 Å². The van der Waals surface area contributed by atoms with Crippen LogP contribution in [-0.2, 0) is 0 Å². The fourth-order valence-corrected chi connectivity index (χ4v) is 1.03. The molecule has 0 saturated carbocycles. The van der Waals surface area contributed by atoms with Gasteiger partial charge in [0.05, 0.1) is 0 Å². The van der Waals surface area contributed by atoms with Gasteiger partial charge in [0.2, 0.25) is 5.95 Å². The normalized spacial score (nSPS) is 10.4. The van der Waals surface area contributed by atoms with E-state index in [1.54, 1.807) is 7.05 Å². The summed E-state index contributed by atoms with van der Waals surface area (Å²) in [6, 6.07) is 0. The molecule has 0 aliphatic heterocycles. The molecule has 56 valence electrons. The van der Waals surface area contributed by atoms with E-state index in [0.29, 0.717) is 11.0 Å². The van der Waals surface area contributed by atoms with Gasteiger partial charge in [-0.1, -0.05) is 0 Å². The van der Waals surface area contributed by atoms with Gasteiger partial charge in [-0.2, -0.15) is 4.37 Å². The lowest BCUT2D eigenvalue weighted by atomic mass is 10.6. The average molecular weight is 159 g/mol. The summed E-state index contributed by atoms with van der Waals surface area (Å²) in [6.07, 6.45) is -0.514. The van der Waals surface area contributed by atoms with Gasteiger partial charge in [-0.25, -0.2) is 4.98 Å². The predicted octanol–water partition coefficient (Wildman–Crippen LogP) is -0.504. The molecule has 0 atom stereocenters. The van der Waals surface area contributed by atoms with Crippen molar-refractivity contribution in [3.05, 3.63) is 5.01 Å². The lowest BCUT2D eigenvalue weighted by Crippen LogP contribution is -2.19. The molecule has 0 radical (unpaired) electrons. The maximum atomic E-state index is 5.34. The minimum absolute atomic E-state index is 0.514. The van der Waals surface area contributed by atoms with Gasteiger partial charge >= 0.3 is 0 Å². The van der Waals surface area contributed by atoms with E-state index in [0.717, 1.165) is 0 Å². The number of hydrogen-bond donors (Lipinski definition) is 3. The zero-order valence-electron chi connectivity index (χ0n) is 5.53. The molecule has 1 aromatic heterocycles. The highest BCUT2D eigenvalue weighted by Crippen LogP contribution is 2.10. The summed E-state index contributed by atoms with van der Waals surface area (Å²) < 4.78 is 3.92. The summed E-state index contributed by atoms with van der Waals surface area (Å²) >= 11 is 1.21. The van der Waals surface area contributed by atoms with Crippen LogP contribution in [0.15, 0.2) is 0 Å². The summed E-state index contributed by atoms with van der Waals surface area (Å²) in [7, 11) is 1.74. The molecule has 0 unspecified atom stereocenters. The van der Waals surface area contributed by atoms with Crippen LogP contribution in [-0.4, -0.2) is 16.4 Å². The van der Waals surface area contributed by atoms with Gasteiger partial charge in [-0.15, -0.1) is 0 Å². The fraction of sp³-hybridized carbons (Fsp3) is 0.500. The van der Waals surface area contributed by atoms with Gasteiger partial charge < -0.3 is 16.8 Å². The summed E-state index contributed by atoms with van der Waals surface area (Å²) in [5, 5.41) is 3.42. The highest BCUT2D eigenvalue weighted by atomic mass is 32.1. The van der Waals surface area contributed by atoms with E-state index < -0.39 is 6.17 Å². The van der Waals surface area contributed by atoms with Crippen LogP contribution in [0.2, 0.25) is 0 Å². The molecule has 6 heteroatoms. The van der Waals surface area contributed by atoms with Crippen molar-refractivity contribution >= 4 is 17.5 Å². The number of hydrogen-bond acceptors (Lipinski definition) is 6. The Morgan fingerprint density at radius 1 is 1.60 bits per heavy atom. The van der Waals surface area contributed by atoms with Crippen LogP contribution >= 0.6 is 11.5 Å². The largest absolute Gasteiger partial charge is 0.357 e. The Labute approximate surface area is 62.6 Å². The molecule has 10 heavy (non-hydrogen) atoms. The molecular formula is C4H9N5S. The van der Waals surface area contributed by atoms with E-state index in [9.17, 15) is 0 Å². The third-order valence-electron chi connectivity index (χ3n) is 0.950. The van der Waals surface area contributed by atoms with E-state index in [1.165, 1.54) is 11.5 Å². The number of nitrogens with zero attached hydrogens (tertiary/aromatic N) is 2. The molecule has 0 spiro atoms. The lowest BCUT2D eigenvalue weighted by Gasteiger charge is -1.95. The Hall–Kier alpha value is -0.720. The topological polar surface area (TPSA) is 89.8 Å². The second kappa shape index (κ2) is 2.91. The maximum absolute atomic E-state index is 5.34. The second-order valence-electron chi connectivity index (χ2n) is 1.73. The van der Waals surface area contributed by atoms with E-state index in [4.69, 9.17) is 11.5 Å². The average Bonchev–Trinajstić information content (AvgIpc) is 2.34. The van der Waals surface area contributed by atoms with Gasteiger partial charge in [-0.05, 0) is 11.5 Å². The zero-order valence-corrected chi connectivity index (χ0v) is 6.35. The molecule has 5 nitrogen and oxygen atoms in total. The van der Waals surface area contributed by atoms with Gasteiger partial charge in [0.25, 0.3) is 0 Å². The number of nitrogens with one attached hydrogen (secondary N) is 1. The molecule has 0 saturated heterocycles. The van der Waals surface area contributed by atoms with Crippen LogP contribution in [0, 0.1) is 0 Å². The third-order valence-corrected chi connectivity index (χ3v) is 1.77. The van der Waals surface area contributed by atoms with Gasteiger partial charge in [-0.3, -0.25) is 0 Å². The Bertz CT molecular complexity index is 207. The molecule has 1 rings (SSSR count). The number of rotatable bonds is 2. The van der Waals surface area contributed by atoms with Crippen molar-refractivity contribution < 1.29 is 0 Å². The summed E-state index contributed by atoms with van der Waals surface area (Å²) in [4.78, 5) is 3.97. The number of aromatic nitrogens is 2. The Kier molecular flexibility index (Phi) is 2.15. The number of nitrogens with two attached hydrogens (primary N) is 2. The molecule has 0 aromatic carbocycles. The van der Waals surface area contributed by atoms with E-state index in [2.05, 4.69) is 14.7 Å². The molecule has 0 aliphatic rings. The SMILES string of the molecule is CNc1nsc(C(N)N)n1. The van der Waals surface area contributed by atoms with Crippen molar-refractivity contribution in [1.82, 2.24) is 9.36 Å². The first-order valence-electron chi connectivity index (χ1n) is 2.76. The minimum atomic E-state index is -0.514. The molecule has 0 bridgehead atoms. The molecule has 1 heterocycles. The quantitative estimate of drug-likeness (QED) is 0.506. The first-order valence-corrected chi connectivity index (χ1v) is 3.54. The number of anilines is 1. The van der Waals surface area contributed by atoms with Crippen LogP contribution < -0.4 is 16.8 Å². The van der Waals surface area contributed by atoms with E-state index in [-0.39, 0.29) is 0 Å². The van der Waals surface area contributed by atoms with Crippen molar-refractivity contribution in [3.8, 4) is 0 Å². The standard InChI is InChI=1S/C4H9N5S/c1-7-4-8-3(2(5)6)10-9-4/h2H,5-6H2,1H3,(H,7,9). The Morgan fingerprint density at radius 2 is 2.30 bits per heavy atom. The molecule has 1 aromatic rings. The van der Waals surface area contributed by atoms with Crippen molar-refractivity contribution in [2.75, 3.05) is 12.4 Å². The maximum Gasteiger partial charge on any atom is 0.234 e. The molecular weight excluding hydrogens is 150 g/mol. The first-order chi connectivity index (χ1) is 4.74. The molecule has 0 fully saturated rings. The van der Waals surface area contributed by atoms with Crippen LogP contribution in [0.3, 0.4) is 0 Å². The van der Waals surface area contributed by atoms with Crippen LogP contribution in [0.1, 0.15) is 11.2 Å². The molecule has 0 amide bonds. The molecule has 0 aliphatic carbocycles. The highest BCUT2D eigenvalue weighted by molar-refractivity contribution is 7.05. The Morgan fingerprint density at radius 3 is 2.60 bits per heavy atom. The van der Waals surface area contributed by atoms with Gasteiger partial charge in [0.1, 0.15) is 11.2 Å². The first kappa shape index (κ1) is 7.39. The highest BCUT2D eigenvalue weighted by Gasteiger charge is 2.05. The van der Waals surface area contributed by atoms with Crippen molar-refractivity contribution in [3.63, 3.8) is 0 Å². The van der Waals surface area contributed by atoms with Crippen LogP contribution in [0.25, 0.3) is 0 Å². The monoisotopic (exact) mass is 159 g/mol. The predicted molar refractivity (Wildman–Crippen MR) is 40.6 cm³/mol. The van der Waals surface area contributed by atoms with Gasteiger partial charge in [0.15, 0.2) is 0 Å². The van der Waals surface area contributed by atoms with E-state index in [1.807, 2.05) is 0 Å². The Balaban J connectivity index is 2.78. The summed E-state index contributed by atoms with van der Waals surface area (Å²) in [6.45, 7) is 0. The van der Waals surface area contributed by atoms with Gasteiger partial charge in [0, 0.05) is 7.05 Å². The smallest absolute Gasteiger partial charge is 0.234 e. The zero-order chi connectivity index (χ0) is 7.56. The third kappa shape index (κ3) is 1.41. The van der Waals surface area contributed by atoms with Crippen molar-refractivity contribution in [2.45, 2.75) is 6.17 Å². The van der Waals surface area contributed by atoms with Crippen molar-refractivity contribution in [1.29, 1.82) is 0 Å². The fourth-order valence-electron chi connectivity index (χ4n) is 0.472.